The van der Waals surface area contributed by atoms with E-state index < -0.39 is 11.7 Å². The Hall–Kier alpha value is -2.85. The highest BCUT2D eigenvalue weighted by atomic mass is 19.4. The summed E-state index contributed by atoms with van der Waals surface area (Å²) in [6, 6.07) is 0.151. The van der Waals surface area contributed by atoms with Crippen LogP contribution in [-0.2, 0) is 11.0 Å². The maximum atomic E-state index is 13.0. The van der Waals surface area contributed by atoms with Crippen molar-refractivity contribution in [2.24, 2.45) is 5.92 Å². The van der Waals surface area contributed by atoms with Gasteiger partial charge < -0.3 is 15.5 Å². The van der Waals surface area contributed by atoms with Crippen molar-refractivity contribution >= 4 is 23.4 Å². The average Bonchev–Trinajstić information content (AvgIpc) is 3.06. The van der Waals surface area contributed by atoms with Gasteiger partial charge in [0.2, 0.25) is 11.9 Å². The average molecular weight is 425 g/mol. The van der Waals surface area contributed by atoms with Crippen molar-refractivity contribution in [1.29, 1.82) is 0 Å². The number of nitrogens with zero attached hydrogens (tertiary/aromatic N) is 5. The first-order chi connectivity index (χ1) is 14.1. The first-order valence-electron chi connectivity index (χ1n) is 9.83. The standard InChI is InChI=1S/C19H26F3N7O/c1-11(2)17(30)28-7-5-13(6-8-28)29-12(3)15(10-25-29)26-18-24-9-14(19(20,21)22)16(23-4)27-18/h9-11,13H,5-8H2,1-4H3,(H2,23,24,26,27). The van der Waals surface area contributed by atoms with Crippen LogP contribution in [-0.4, -0.2) is 50.7 Å². The third-order valence-electron chi connectivity index (χ3n) is 5.24. The van der Waals surface area contributed by atoms with E-state index in [4.69, 9.17) is 0 Å². The minimum absolute atomic E-state index is 0.0185. The van der Waals surface area contributed by atoms with Crippen LogP contribution in [0.1, 0.15) is 44.0 Å². The van der Waals surface area contributed by atoms with Gasteiger partial charge in [-0.2, -0.15) is 23.3 Å². The Morgan fingerprint density at radius 1 is 1.23 bits per heavy atom. The summed E-state index contributed by atoms with van der Waals surface area (Å²) in [7, 11) is 1.38. The van der Waals surface area contributed by atoms with E-state index in [-0.39, 0.29) is 29.6 Å². The Kier molecular flexibility index (Phi) is 6.18. The van der Waals surface area contributed by atoms with E-state index in [1.54, 1.807) is 6.20 Å². The number of nitrogens with one attached hydrogen (secondary N) is 2. The number of hydrogen-bond donors (Lipinski definition) is 2. The second-order valence-corrected chi connectivity index (χ2v) is 7.63. The van der Waals surface area contributed by atoms with Gasteiger partial charge in [0.15, 0.2) is 0 Å². The molecule has 1 saturated heterocycles. The molecule has 0 saturated carbocycles. The number of aromatic nitrogens is 4. The van der Waals surface area contributed by atoms with E-state index in [9.17, 15) is 18.0 Å². The molecule has 1 amide bonds. The van der Waals surface area contributed by atoms with E-state index in [0.29, 0.717) is 18.8 Å². The lowest BCUT2D eigenvalue weighted by molar-refractivity contribution is -0.137. The number of hydrogen-bond acceptors (Lipinski definition) is 6. The lowest BCUT2D eigenvalue weighted by Gasteiger charge is -2.33. The number of carbonyl (C=O) groups is 1. The Morgan fingerprint density at radius 2 is 1.90 bits per heavy atom. The number of alkyl halides is 3. The van der Waals surface area contributed by atoms with Crippen molar-refractivity contribution in [3.8, 4) is 0 Å². The molecule has 2 aromatic heterocycles. The molecule has 30 heavy (non-hydrogen) atoms. The quantitative estimate of drug-likeness (QED) is 0.761. The highest BCUT2D eigenvalue weighted by Gasteiger charge is 2.35. The number of halogens is 3. The number of piperidine rings is 1. The normalized spacial score (nSPS) is 15.5. The highest BCUT2D eigenvalue weighted by Crippen LogP contribution is 2.34. The van der Waals surface area contributed by atoms with Gasteiger partial charge in [0.05, 0.1) is 23.6 Å². The van der Waals surface area contributed by atoms with E-state index in [0.717, 1.165) is 24.7 Å². The Balaban J connectivity index is 1.72. The van der Waals surface area contributed by atoms with Crippen molar-refractivity contribution in [3.05, 3.63) is 23.7 Å². The van der Waals surface area contributed by atoms with Crippen LogP contribution in [0.2, 0.25) is 0 Å². The van der Waals surface area contributed by atoms with Crippen LogP contribution in [0.15, 0.2) is 12.4 Å². The molecule has 11 heteroatoms. The number of anilines is 3. The molecule has 0 atom stereocenters. The molecule has 164 valence electrons. The van der Waals surface area contributed by atoms with Crippen molar-refractivity contribution in [3.63, 3.8) is 0 Å². The molecule has 1 aliphatic heterocycles. The summed E-state index contributed by atoms with van der Waals surface area (Å²) in [5.74, 6) is -0.109. The van der Waals surface area contributed by atoms with Gasteiger partial charge >= 0.3 is 6.18 Å². The summed E-state index contributed by atoms with van der Waals surface area (Å²) in [5, 5.41) is 9.85. The van der Waals surface area contributed by atoms with Gasteiger partial charge in [-0.3, -0.25) is 9.48 Å². The molecule has 1 aliphatic rings. The Labute approximate surface area is 172 Å². The third-order valence-corrected chi connectivity index (χ3v) is 5.24. The second-order valence-electron chi connectivity index (χ2n) is 7.63. The fraction of sp³-hybridized carbons (Fsp3) is 0.579. The molecule has 2 N–H and O–H groups in total. The number of carbonyl (C=O) groups excluding carboxylic acids is 1. The molecule has 2 aromatic rings. The summed E-state index contributed by atoms with van der Waals surface area (Å²) < 4.78 is 40.9. The van der Waals surface area contributed by atoms with Crippen LogP contribution in [0.5, 0.6) is 0 Å². The Bertz CT molecular complexity index is 902. The van der Waals surface area contributed by atoms with Gasteiger partial charge in [-0.1, -0.05) is 13.8 Å². The van der Waals surface area contributed by atoms with E-state index in [2.05, 4.69) is 25.7 Å². The summed E-state index contributed by atoms with van der Waals surface area (Å²) in [5.41, 5.74) is 0.529. The SMILES string of the molecule is CNc1nc(Nc2cnn(C3CCN(C(=O)C(C)C)CC3)c2C)ncc1C(F)(F)F. The fourth-order valence-corrected chi connectivity index (χ4v) is 3.57. The minimum Gasteiger partial charge on any atom is -0.372 e. The Morgan fingerprint density at radius 3 is 2.47 bits per heavy atom. The summed E-state index contributed by atoms with van der Waals surface area (Å²) >= 11 is 0. The highest BCUT2D eigenvalue weighted by molar-refractivity contribution is 5.78. The largest absolute Gasteiger partial charge is 0.421 e. The molecule has 0 aliphatic carbocycles. The lowest BCUT2D eigenvalue weighted by atomic mass is 10.0. The lowest BCUT2D eigenvalue weighted by Crippen LogP contribution is -2.41. The molecule has 3 rings (SSSR count). The number of rotatable bonds is 5. The predicted molar refractivity (Wildman–Crippen MR) is 107 cm³/mol. The molecule has 0 spiro atoms. The molecular formula is C19H26F3N7O. The zero-order valence-corrected chi connectivity index (χ0v) is 17.4. The van der Waals surface area contributed by atoms with E-state index in [1.165, 1.54) is 7.05 Å². The van der Waals surface area contributed by atoms with E-state index >= 15 is 0 Å². The van der Waals surface area contributed by atoms with Crippen molar-refractivity contribution in [2.45, 2.75) is 45.8 Å². The molecule has 0 unspecified atom stereocenters. The van der Waals surface area contributed by atoms with Gasteiger partial charge in [0.25, 0.3) is 0 Å². The minimum atomic E-state index is -4.54. The van der Waals surface area contributed by atoms with Crippen LogP contribution >= 0.6 is 0 Å². The monoisotopic (exact) mass is 425 g/mol. The van der Waals surface area contributed by atoms with Gasteiger partial charge in [-0.05, 0) is 19.8 Å². The maximum Gasteiger partial charge on any atom is 0.421 e. The van der Waals surface area contributed by atoms with Crippen LogP contribution in [0.25, 0.3) is 0 Å². The predicted octanol–water partition coefficient (Wildman–Crippen LogP) is 3.61. The van der Waals surface area contributed by atoms with Gasteiger partial charge in [0, 0.05) is 32.3 Å². The van der Waals surface area contributed by atoms with Crippen molar-refractivity contribution in [1.82, 2.24) is 24.6 Å². The fourth-order valence-electron chi connectivity index (χ4n) is 3.57. The number of amides is 1. The zero-order chi connectivity index (χ0) is 22.1. The number of likely N-dealkylation sites (tertiary alicyclic amines) is 1. The zero-order valence-electron chi connectivity index (χ0n) is 17.4. The summed E-state index contributed by atoms with van der Waals surface area (Å²) in [6.45, 7) is 7.03. The molecule has 8 nitrogen and oxygen atoms in total. The van der Waals surface area contributed by atoms with Gasteiger partial charge in [-0.25, -0.2) is 4.98 Å². The van der Waals surface area contributed by atoms with Crippen LogP contribution in [0.3, 0.4) is 0 Å². The second kappa shape index (κ2) is 8.49. The summed E-state index contributed by atoms with van der Waals surface area (Å²) in [6.07, 6.45) is -0.588. The molecule has 0 radical (unpaired) electrons. The smallest absolute Gasteiger partial charge is 0.372 e. The van der Waals surface area contributed by atoms with Gasteiger partial charge in [0.1, 0.15) is 11.4 Å². The van der Waals surface area contributed by atoms with Crippen molar-refractivity contribution in [2.75, 3.05) is 30.8 Å². The molecule has 0 aromatic carbocycles. The third kappa shape index (κ3) is 4.49. The molecule has 3 heterocycles. The van der Waals surface area contributed by atoms with Crippen LogP contribution in [0.4, 0.5) is 30.6 Å². The van der Waals surface area contributed by atoms with E-state index in [1.807, 2.05) is 30.4 Å². The first-order valence-corrected chi connectivity index (χ1v) is 9.83. The molecular weight excluding hydrogens is 399 g/mol. The van der Waals surface area contributed by atoms with Gasteiger partial charge in [-0.15, -0.1) is 0 Å². The maximum absolute atomic E-state index is 13.0. The molecule has 0 bridgehead atoms. The molecule has 1 fully saturated rings. The topological polar surface area (TPSA) is 88.0 Å². The summed E-state index contributed by atoms with van der Waals surface area (Å²) in [4.78, 5) is 21.8. The van der Waals surface area contributed by atoms with Crippen LogP contribution in [0, 0.1) is 12.8 Å². The first kappa shape index (κ1) is 21.8. The van der Waals surface area contributed by atoms with Crippen LogP contribution < -0.4 is 10.6 Å². The van der Waals surface area contributed by atoms with Crippen molar-refractivity contribution < 1.29 is 18.0 Å².